The third-order valence-electron chi connectivity index (χ3n) is 3.77. The van der Waals surface area contributed by atoms with Gasteiger partial charge in [0.15, 0.2) is 5.75 Å². The summed E-state index contributed by atoms with van der Waals surface area (Å²) in [6, 6.07) is 8.12. The molecule has 102 valence electrons. The van der Waals surface area contributed by atoms with E-state index in [2.05, 4.69) is 46.8 Å². The van der Waals surface area contributed by atoms with Crippen LogP contribution in [0.3, 0.4) is 0 Å². The number of rotatable bonds is 7. The predicted octanol–water partition coefficient (Wildman–Crippen LogP) is 5.09. The topological polar surface area (TPSA) is 18.5 Å². The molecule has 18 heavy (non-hydrogen) atoms. The molecule has 0 atom stereocenters. The lowest BCUT2D eigenvalue weighted by Gasteiger charge is -2.28. The second-order valence-electron chi connectivity index (χ2n) is 5.14. The molecular formula is C16H26O2. The molecule has 2 heteroatoms. The highest BCUT2D eigenvalue weighted by atomic mass is 17.2. The molecule has 0 spiro atoms. The van der Waals surface area contributed by atoms with Gasteiger partial charge in [-0.15, -0.1) is 0 Å². The first-order valence-corrected chi connectivity index (χ1v) is 7.02. The maximum absolute atomic E-state index is 5.70. The van der Waals surface area contributed by atoms with Crippen LogP contribution in [0, 0.1) is 0 Å². The Bertz CT molecular complexity index is 346. The van der Waals surface area contributed by atoms with Gasteiger partial charge in [0.25, 0.3) is 0 Å². The SMILES string of the molecule is CCC(CC)(CC)OOc1cccc(C(C)C)c1. The summed E-state index contributed by atoms with van der Waals surface area (Å²) >= 11 is 0. The minimum Gasteiger partial charge on any atom is -0.337 e. The Labute approximate surface area is 111 Å². The third kappa shape index (κ3) is 3.74. The first kappa shape index (κ1) is 15.0. The second-order valence-corrected chi connectivity index (χ2v) is 5.14. The summed E-state index contributed by atoms with van der Waals surface area (Å²) < 4.78 is 0. The van der Waals surface area contributed by atoms with Crippen molar-refractivity contribution in [1.82, 2.24) is 0 Å². The molecule has 1 aromatic rings. The van der Waals surface area contributed by atoms with E-state index in [0.29, 0.717) is 5.92 Å². The molecule has 0 aromatic heterocycles. The molecule has 0 aliphatic carbocycles. The Hall–Kier alpha value is -1.02. The van der Waals surface area contributed by atoms with Crippen LogP contribution >= 0.6 is 0 Å². The molecule has 0 N–H and O–H groups in total. The summed E-state index contributed by atoms with van der Waals surface area (Å²) in [5.74, 6) is 1.29. The Balaban J connectivity index is 2.70. The lowest BCUT2D eigenvalue weighted by molar-refractivity contribution is -0.295. The molecule has 0 heterocycles. The van der Waals surface area contributed by atoms with Crippen LogP contribution in [-0.2, 0) is 4.89 Å². The number of benzene rings is 1. The van der Waals surface area contributed by atoms with Crippen molar-refractivity contribution >= 4 is 0 Å². The van der Waals surface area contributed by atoms with E-state index in [1.165, 1.54) is 5.56 Å². The molecule has 0 saturated carbocycles. The summed E-state index contributed by atoms with van der Waals surface area (Å²) in [4.78, 5) is 11.2. The van der Waals surface area contributed by atoms with Gasteiger partial charge in [-0.2, -0.15) is 4.89 Å². The van der Waals surface area contributed by atoms with Gasteiger partial charge in [0, 0.05) is 0 Å². The maximum Gasteiger partial charge on any atom is 0.165 e. The average Bonchev–Trinajstić information content (AvgIpc) is 2.41. The van der Waals surface area contributed by atoms with Crippen LogP contribution < -0.4 is 4.89 Å². The Morgan fingerprint density at radius 3 is 2.17 bits per heavy atom. The molecule has 0 bridgehead atoms. The van der Waals surface area contributed by atoms with Gasteiger partial charge in [0.2, 0.25) is 0 Å². The van der Waals surface area contributed by atoms with E-state index in [9.17, 15) is 0 Å². The highest BCUT2D eigenvalue weighted by Crippen LogP contribution is 2.27. The number of hydrogen-bond donors (Lipinski definition) is 0. The largest absolute Gasteiger partial charge is 0.337 e. The minimum atomic E-state index is -0.159. The predicted molar refractivity (Wildman–Crippen MR) is 75.8 cm³/mol. The monoisotopic (exact) mass is 250 g/mol. The molecule has 0 aliphatic rings. The highest BCUT2D eigenvalue weighted by molar-refractivity contribution is 5.29. The summed E-state index contributed by atoms with van der Waals surface area (Å²) in [5.41, 5.74) is 1.11. The minimum absolute atomic E-state index is 0.159. The van der Waals surface area contributed by atoms with Gasteiger partial charge < -0.3 is 4.89 Å². The lowest BCUT2D eigenvalue weighted by Crippen LogP contribution is -2.31. The van der Waals surface area contributed by atoms with Gasteiger partial charge in [-0.1, -0.05) is 46.8 Å². The van der Waals surface area contributed by atoms with E-state index in [1.54, 1.807) is 0 Å². The summed E-state index contributed by atoms with van der Waals surface area (Å²) in [5, 5.41) is 0. The van der Waals surface area contributed by atoms with Crippen LogP contribution in [0.1, 0.15) is 65.4 Å². The standard InChI is InChI=1S/C16H26O2/c1-6-16(7-2,8-3)18-17-15-11-9-10-14(12-15)13(4)5/h9-13H,6-8H2,1-5H3. The molecule has 0 aliphatic heterocycles. The van der Waals surface area contributed by atoms with Gasteiger partial charge in [-0.3, -0.25) is 0 Å². The Morgan fingerprint density at radius 1 is 1.06 bits per heavy atom. The van der Waals surface area contributed by atoms with Crippen LogP contribution in [0.2, 0.25) is 0 Å². The fraction of sp³-hybridized carbons (Fsp3) is 0.625. The third-order valence-corrected chi connectivity index (χ3v) is 3.77. The van der Waals surface area contributed by atoms with Crippen LogP contribution in [0.25, 0.3) is 0 Å². The molecule has 2 nitrogen and oxygen atoms in total. The molecule has 1 rings (SSSR count). The van der Waals surface area contributed by atoms with E-state index in [1.807, 2.05) is 12.1 Å². The van der Waals surface area contributed by atoms with Crippen LogP contribution in [0.15, 0.2) is 24.3 Å². The van der Waals surface area contributed by atoms with E-state index in [-0.39, 0.29) is 5.60 Å². The van der Waals surface area contributed by atoms with E-state index in [0.717, 1.165) is 25.0 Å². The van der Waals surface area contributed by atoms with Crippen molar-refractivity contribution in [2.24, 2.45) is 0 Å². The first-order chi connectivity index (χ1) is 8.56. The van der Waals surface area contributed by atoms with Crippen molar-refractivity contribution in [3.05, 3.63) is 29.8 Å². The molecule has 0 unspecified atom stereocenters. The first-order valence-electron chi connectivity index (χ1n) is 7.02. The second kappa shape index (κ2) is 6.79. The van der Waals surface area contributed by atoms with Crippen molar-refractivity contribution < 1.29 is 9.78 Å². The van der Waals surface area contributed by atoms with Gasteiger partial charge in [0.05, 0.1) is 0 Å². The van der Waals surface area contributed by atoms with Crippen LogP contribution in [0.4, 0.5) is 0 Å². The maximum atomic E-state index is 5.70. The molecule has 0 amide bonds. The summed E-state index contributed by atoms with van der Waals surface area (Å²) in [6.45, 7) is 10.8. The van der Waals surface area contributed by atoms with E-state index >= 15 is 0 Å². The molecule has 0 saturated heterocycles. The smallest absolute Gasteiger partial charge is 0.165 e. The average molecular weight is 250 g/mol. The Morgan fingerprint density at radius 2 is 1.67 bits per heavy atom. The number of hydrogen-bond acceptors (Lipinski definition) is 2. The molecular weight excluding hydrogens is 224 g/mol. The normalized spacial score (nSPS) is 11.9. The van der Waals surface area contributed by atoms with Crippen LogP contribution in [0.5, 0.6) is 5.75 Å². The van der Waals surface area contributed by atoms with Crippen molar-refractivity contribution in [2.45, 2.75) is 65.4 Å². The van der Waals surface area contributed by atoms with Gasteiger partial charge >= 0.3 is 0 Å². The van der Waals surface area contributed by atoms with Crippen molar-refractivity contribution in [3.8, 4) is 5.75 Å². The van der Waals surface area contributed by atoms with Crippen molar-refractivity contribution in [2.75, 3.05) is 0 Å². The summed E-state index contributed by atoms with van der Waals surface area (Å²) in [7, 11) is 0. The lowest BCUT2D eigenvalue weighted by atomic mass is 9.95. The zero-order chi connectivity index (χ0) is 13.6. The zero-order valence-electron chi connectivity index (χ0n) is 12.3. The highest BCUT2D eigenvalue weighted by Gasteiger charge is 2.27. The van der Waals surface area contributed by atoms with Gasteiger partial charge in [-0.25, -0.2) is 0 Å². The Kier molecular flexibility index (Phi) is 5.67. The quantitative estimate of drug-likeness (QED) is 0.495. The molecule has 0 radical (unpaired) electrons. The van der Waals surface area contributed by atoms with E-state index in [4.69, 9.17) is 9.78 Å². The summed E-state index contributed by atoms with van der Waals surface area (Å²) in [6.07, 6.45) is 2.89. The van der Waals surface area contributed by atoms with Crippen LogP contribution in [-0.4, -0.2) is 5.60 Å². The molecule has 1 aromatic carbocycles. The zero-order valence-corrected chi connectivity index (χ0v) is 12.3. The van der Waals surface area contributed by atoms with Crippen molar-refractivity contribution in [3.63, 3.8) is 0 Å². The van der Waals surface area contributed by atoms with Crippen molar-refractivity contribution in [1.29, 1.82) is 0 Å². The van der Waals surface area contributed by atoms with Gasteiger partial charge in [-0.05, 0) is 42.9 Å². The fourth-order valence-electron chi connectivity index (χ4n) is 1.99. The van der Waals surface area contributed by atoms with E-state index < -0.39 is 0 Å². The van der Waals surface area contributed by atoms with Gasteiger partial charge in [0.1, 0.15) is 5.60 Å². The fourth-order valence-corrected chi connectivity index (χ4v) is 1.99. The molecule has 0 fully saturated rings.